The fourth-order valence-corrected chi connectivity index (χ4v) is 2.22. The Bertz CT molecular complexity index is 503. The lowest BCUT2D eigenvalue weighted by Crippen LogP contribution is -2.34. The molecular weight excluding hydrogens is 224 g/mol. The lowest BCUT2D eigenvalue weighted by Gasteiger charge is -2.29. The van der Waals surface area contributed by atoms with Crippen molar-refractivity contribution in [3.63, 3.8) is 0 Å². The van der Waals surface area contributed by atoms with E-state index in [1.54, 1.807) is 17.1 Å². The standard InChI is InChI=1S/C15H18N2O/c1-2-3-4-10-15(18)17-11-6-7-12-13(16)8-5-9-14(12)17/h2-5,8-10H,6-7,11,16H2,1H3. The number of benzene rings is 1. The molecule has 3 heteroatoms. The summed E-state index contributed by atoms with van der Waals surface area (Å²) in [7, 11) is 0. The van der Waals surface area contributed by atoms with Crippen molar-refractivity contribution >= 4 is 17.3 Å². The van der Waals surface area contributed by atoms with Crippen molar-refractivity contribution in [1.82, 2.24) is 0 Å². The van der Waals surface area contributed by atoms with Crippen LogP contribution in [0.1, 0.15) is 18.9 Å². The molecule has 1 aromatic rings. The third kappa shape index (κ3) is 2.45. The summed E-state index contributed by atoms with van der Waals surface area (Å²) in [6.07, 6.45) is 9.02. The second-order valence-corrected chi connectivity index (χ2v) is 4.32. The molecule has 2 rings (SSSR count). The van der Waals surface area contributed by atoms with Crippen molar-refractivity contribution < 1.29 is 4.79 Å². The van der Waals surface area contributed by atoms with Gasteiger partial charge in [-0.25, -0.2) is 0 Å². The van der Waals surface area contributed by atoms with E-state index in [0.717, 1.165) is 36.3 Å². The highest BCUT2D eigenvalue weighted by Gasteiger charge is 2.21. The zero-order valence-electron chi connectivity index (χ0n) is 10.6. The Hall–Kier alpha value is -2.03. The van der Waals surface area contributed by atoms with Gasteiger partial charge in [-0.3, -0.25) is 4.79 Å². The number of anilines is 2. The van der Waals surface area contributed by atoms with E-state index < -0.39 is 0 Å². The molecule has 1 heterocycles. The summed E-state index contributed by atoms with van der Waals surface area (Å²) in [4.78, 5) is 13.9. The average molecular weight is 242 g/mol. The first-order valence-corrected chi connectivity index (χ1v) is 6.22. The van der Waals surface area contributed by atoms with Crippen LogP contribution in [-0.4, -0.2) is 12.5 Å². The molecule has 0 aromatic heterocycles. The largest absolute Gasteiger partial charge is 0.398 e. The number of allylic oxidation sites excluding steroid dienone is 3. The van der Waals surface area contributed by atoms with E-state index in [4.69, 9.17) is 5.73 Å². The summed E-state index contributed by atoms with van der Waals surface area (Å²) in [6, 6.07) is 5.75. The maximum atomic E-state index is 12.1. The molecule has 1 amide bonds. The van der Waals surface area contributed by atoms with Crippen molar-refractivity contribution in [2.75, 3.05) is 17.2 Å². The number of carbonyl (C=O) groups is 1. The number of nitrogens with zero attached hydrogens (tertiary/aromatic N) is 1. The molecule has 0 fully saturated rings. The Morgan fingerprint density at radius 1 is 1.39 bits per heavy atom. The highest BCUT2D eigenvalue weighted by molar-refractivity contribution is 6.02. The van der Waals surface area contributed by atoms with Crippen LogP contribution in [0.15, 0.2) is 42.5 Å². The summed E-state index contributed by atoms with van der Waals surface area (Å²) in [5.74, 6) is 0.0136. The van der Waals surface area contributed by atoms with Crippen LogP contribution in [0, 0.1) is 0 Å². The van der Waals surface area contributed by atoms with Gasteiger partial charge < -0.3 is 10.6 Å². The number of nitrogen functional groups attached to an aromatic ring is 1. The van der Waals surface area contributed by atoms with Crippen LogP contribution < -0.4 is 10.6 Å². The summed E-state index contributed by atoms with van der Waals surface area (Å²) >= 11 is 0. The van der Waals surface area contributed by atoms with E-state index in [9.17, 15) is 4.79 Å². The van der Waals surface area contributed by atoms with Gasteiger partial charge >= 0.3 is 0 Å². The number of hydrogen-bond acceptors (Lipinski definition) is 2. The maximum absolute atomic E-state index is 12.1. The molecule has 1 aromatic carbocycles. The van der Waals surface area contributed by atoms with Crippen LogP contribution in [0.5, 0.6) is 0 Å². The summed E-state index contributed by atoms with van der Waals surface area (Å²) < 4.78 is 0. The van der Waals surface area contributed by atoms with Crippen molar-refractivity contribution in [2.45, 2.75) is 19.8 Å². The minimum absolute atomic E-state index is 0.0136. The van der Waals surface area contributed by atoms with Crippen LogP contribution in [0.2, 0.25) is 0 Å². The van der Waals surface area contributed by atoms with E-state index in [0.29, 0.717) is 0 Å². The van der Waals surface area contributed by atoms with Gasteiger partial charge in [0.05, 0.1) is 0 Å². The molecule has 0 spiro atoms. The minimum Gasteiger partial charge on any atom is -0.398 e. The number of fused-ring (bicyclic) bond motifs is 1. The first-order chi connectivity index (χ1) is 8.74. The van der Waals surface area contributed by atoms with Crippen molar-refractivity contribution in [3.8, 4) is 0 Å². The zero-order valence-corrected chi connectivity index (χ0v) is 10.6. The van der Waals surface area contributed by atoms with E-state index in [2.05, 4.69) is 0 Å². The van der Waals surface area contributed by atoms with E-state index in [1.165, 1.54) is 0 Å². The van der Waals surface area contributed by atoms with Gasteiger partial charge in [-0.05, 0) is 37.5 Å². The quantitative estimate of drug-likeness (QED) is 0.492. The molecule has 2 N–H and O–H groups in total. The van der Waals surface area contributed by atoms with Crippen LogP contribution in [0.25, 0.3) is 0 Å². The molecule has 18 heavy (non-hydrogen) atoms. The Kier molecular flexibility index (Phi) is 3.82. The number of nitrogens with two attached hydrogens (primary N) is 1. The normalized spacial score (nSPS) is 15.3. The molecule has 0 radical (unpaired) electrons. The molecule has 0 bridgehead atoms. The molecule has 3 nitrogen and oxygen atoms in total. The highest BCUT2D eigenvalue weighted by Crippen LogP contribution is 2.31. The number of amides is 1. The predicted octanol–water partition coefficient (Wildman–Crippen LogP) is 2.68. The average Bonchev–Trinajstić information content (AvgIpc) is 2.39. The molecular formula is C15H18N2O. The smallest absolute Gasteiger partial charge is 0.250 e. The van der Waals surface area contributed by atoms with E-state index in [1.807, 2.05) is 37.3 Å². The van der Waals surface area contributed by atoms with Gasteiger partial charge in [0.1, 0.15) is 0 Å². The second kappa shape index (κ2) is 5.54. The van der Waals surface area contributed by atoms with Gasteiger partial charge in [0.15, 0.2) is 0 Å². The van der Waals surface area contributed by atoms with Crippen LogP contribution >= 0.6 is 0 Å². The first-order valence-electron chi connectivity index (χ1n) is 6.22. The van der Waals surface area contributed by atoms with Crippen LogP contribution in [0.3, 0.4) is 0 Å². The monoisotopic (exact) mass is 242 g/mol. The second-order valence-electron chi connectivity index (χ2n) is 4.32. The van der Waals surface area contributed by atoms with Crippen molar-refractivity contribution in [2.24, 2.45) is 0 Å². The Balaban J connectivity index is 2.27. The van der Waals surface area contributed by atoms with Crippen LogP contribution in [-0.2, 0) is 11.2 Å². The third-order valence-electron chi connectivity index (χ3n) is 3.10. The van der Waals surface area contributed by atoms with Gasteiger partial charge in [-0.1, -0.05) is 24.3 Å². The topological polar surface area (TPSA) is 46.3 Å². The lowest BCUT2D eigenvalue weighted by molar-refractivity contribution is -0.114. The molecule has 0 atom stereocenters. The SMILES string of the molecule is CC=CC=CC(=O)N1CCCc2c(N)cccc21. The Morgan fingerprint density at radius 3 is 3.00 bits per heavy atom. The Morgan fingerprint density at radius 2 is 2.22 bits per heavy atom. The minimum atomic E-state index is 0.0136. The number of rotatable bonds is 2. The summed E-state index contributed by atoms with van der Waals surface area (Å²) in [5, 5.41) is 0. The van der Waals surface area contributed by atoms with Gasteiger partial charge in [-0.15, -0.1) is 0 Å². The molecule has 1 aliphatic heterocycles. The third-order valence-corrected chi connectivity index (χ3v) is 3.10. The van der Waals surface area contributed by atoms with Crippen LogP contribution in [0.4, 0.5) is 11.4 Å². The molecule has 1 aliphatic rings. The van der Waals surface area contributed by atoms with Crippen molar-refractivity contribution in [1.29, 1.82) is 0 Å². The molecule has 0 aliphatic carbocycles. The Labute approximate surface area is 108 Å². The molecule has 0 unspecified atom stereocenters. The fraction of sp³-hybridized carbons (Fsp3) is 0.267. The maximum Gasteiger partial charge on any atom is 0.250 e. The summed E-state index contributed by atoms with van der Waals surface area (Å²) in [5.41, 5.74) is 8.79. The fourth-order valence-electron chi connectivity index (χ4n) is 2.22. The van der Waals surface area contributed by atoms with E-state index in [-0.39, 0.29) is 5.91 Å². The lowest BCUT2D eigenvalue weighted by atomic mass is 10.00. The summed E-state index contributed by atoms with van der Waals surface area (Å²) in [6.45, 7) is 2.68. The molecule has 0 saturated carbocycles. The van der Waals surface area contributed by atoms with Gasteiger partial charge in [-0.2, -0.15) is 0 Å². The first kappa shape index (κ1) is 12.4. The van der Waals surface area contributed by atoms with Crippen molar-refractivity contribution in [3.05, 3.63) is 48.1 Å². The molecule has 0 saturated heterocycles. The predicted molar refractivity (Wildman–Crippen MR) is 75.5 cm³/mol. The van der Waals surface area contributed by atoms with E-state index >= 15 is 0 Å². The highest BCUT2D eigenvalue weighted by atomic mass is 16.2. The van der Waals surface area contributed by atoms with Gasteiger partial charge in [0, 0.05) is 24.0 Å². The number of hydrogen-bond donors (Lipinski definition) is 1. The number of carbonyl (C=O) groups excluding carboxylic acids is 1. The van der Waals surface area contributed by atoms with Gasteiger partial charge in [0.25, 0.3) is 5.91 Å². The molecule has 94 valence electrons. The van der Waals surface area contributed by atoms with Gasteiger partial charge in [0.2, 0.25) is 0 Å². The zero-order chi connectivity index (χ0) is 13.0.